The molecule has 1 saturated heterocycles. The van der Waals surface area contributed by atoms with Gasteiger partial charge in [-0.15, -0.1) is 0 Å². The monoisotopic (exact) mass is 479 g/mol. The summed E-state index contributed by atoms with van der Waals surface area (Å²) in [6.45, 7) is 8.80. The zero-order valence-electron chi connectivity index (χ0n) is 19.5. The van der Waals surface area contributed by atoms with Crippen LogP contribution in [0.5, 0.6) is 0 Å². The molecule has 184 valence electrons. The van der Waals surface area contributed by atoms with Crippen molar-refractivity contribution < 1.29 is 14.1 Å². The summed E-state index contributed by atoms with van der Waals surface area (Å²) in [4.78, 5) is 22.6. The van der Waals surface area contributed by atoms with Crippen LogP contribution in [-0.4, -0.2) is 63.2 Å². The second-order valence-corrected chi connectivity index (χ2v) is 7.69. The minimum absolute atomic E-state index is 0.0316. The average Bonchev–Trinajstić information content (AvgIpc) is 3.60. The summed E-state index contributed by atoms with van der Waals surface area (Å²) in [5.74, 6) is 0.615. The molecule has 35 heavy (non-hydrogen) atoms. The van der Waals surface area contributed by atoms with E-state index in [9.17, 15) is 4.79 Å². The Kier molecular flexibility index (Phi) is 8.35. The number of carbonyl (C=O) groups excluding carboxylic acids is 1. The molecule has 3 heterocycles. The highest BCUT2D eigenvalue weighted by molar-refractivity contribution is 5.86. The van der Waals surface area contributed by atoms with E-state index in [-0.39, 0.29) is 36.1 Å². The first-order valence-corrected chi connectivity index (χ1v) is 10.7. The second-order valence-electron chi connectivity index (χ2n) is 7.69. The number of nitrogens with zero attached hydrogens (tertiary/aromatic N) is 6. The lowest BCUT2D eigenvalue weighted by Gasteiger charge is -2.15. The van der Waals surface area contributed by atoms with Crippen molar-refractivity contribution in [2.45, 2.75) is 19.1 Å². The van der Waals surface area contributed by atoms with E-state index in [1.54, 1.807) is 36.6 Å². The molecule has 3 rings (SSSR count). The van der Waals surface area contributed by atoms with Gasteiger partial charge < -0.3 is 31.4 Å². The maximum absolute atomic E-state index is 12.5. The van der Waals surface area contributed by atoms with Gasteiger partial charge >= 0.3 is 0 Å². The maximum Gasteiger partial charge on any atom is 0.261 e. The standard InChI is InChI=1S/C23H29N9O3/c1-15(18(9-25)10-27-16(2)26)4-5-17(8-24)22-29-23(35-30-22)19-11-28-32(12-19)14-21(33)31-7-6-20(13-31)34-3/h4-5,8-12,20H,1-2,6-7,13-14,24-26H2,3H3/b5-4-,17-8+,18-9+,27-10?. The fourth-order valence-corrected chi connectivity index (χ4v) is 3.28. The first kappa shape index (κ1) is 25.2. The molecule has 1 amide bonds. The Morgan fingerprint density at radius 3 is 2.80 bits per heavy atom. The van der Waals surface area contributed by atoms with Crippen molar-refractivity contribution in [3.63, 3.8) is 0 Å². The third-order valence-corrected chi connectivity index (χ3v) is 5.26. The van der Waals surface area contributed by atoms with Gasteiger partial charge in [0.2, 0.25) is 11.7 Å². The molecular formula is C23H29N9O3. The van der Waals surface area contributed by atoms with E-state index in [4.69, 9.17) is 26.5 Å². The predicted octanol–water partition coefficient (Wildman–Crippen LogP) is 0.936. The number of aliphatic imine (C=N–C) groups is 1. The van der Waals surface area contributed by atoms with Gasteiger partial charge in [-0.3, -0.25) is 9.48 Å². The average molecular weight is 480 g/mol. The molecule has 1 fully saturated rings. The third kappa shape index (κ3) is 6.54. The summed E-state index contributed by atoms with van der Waals surface area (Å²) < 4.78 is 12.2. The molecule has 12 nitrogen and oxygen atoms in total. The first-order valence-electron chi connectivity index (χ1n) is 10.7. The highest BCUT2D eigenvalue weighted by Crippen LogP contribution is 2.21. The molecule has 1 unspecified atom stereocenters. The summed E-state index contributed by atoms with van der Waals surface area (Å²) in [6, 6.07) is 0. The third-order valence-electron chi connectivity index (χ3n) is 5.26. The molecule has 12 heteroatoms. The SMILES string of the molecule is C=C(N)N=C/C(=C\N)C(=C)/C=C\C(=C/N)c1noc(-c2cnn(CC(=O)N3CCC(OC)C3)c2)n1. The number of aromatic nitrogens is 4. The lowest BCUT2D eigenvalue weighted by molar-refractivity contribution is -0.131. The van der Waals surface area contributed by atoms with Gasteiger partial charge in [0.15, 0.2) is 0 Å². The maximum atomic E-state index is 12.5. The minimum atomic E-state index is -0.0316. The fourth-order valence-electron chi connectivity index (χ4n) is 3.28. The van der Waals surface area contributed by atoms with Gasteiger partial charge in [-0.25, -0.2) is 4.99 Å². The summed E-state index contributed by atoms with van der Waals surface area (Å²) in [5, 5.41) is 8.22. The first-order chi connectivity index (χ1) is 16.8. The quantitative estimate of drug-likeness (QED) is 0.330. The molecule has 0 saturated carbocycles. The van der Waals surface area contributed by atoms with Crippen molar-refractivity contribution in [2.75, 3.05) is 20.2 Å². The van der Waals surface area contributed by atoms with Gasteiger partial charge in [-0.2, -0.15) is 10.1 Å². The predicted molar refractivity (Wildman–Crippen MR) is 132 cm³/mol. The smallest absolute Gasteiger partial charge is 0.261 e. The zero-order chi connectivity index (χ0) is 25.4. The topological polar surface area (TPSA) is 177 Å². The number of hydrogen-bond donors (Lipinski definition) is 3. The van der Waals surface area contributed by atoms with Crippen LogP contribution in [-0.2, 0) is 16.1 Å². The van der Waals surface area contributed by atoms with E-state index in [0.717, 1.165) is 6.42 Å². The molecule has 0 aromatic carbocycles. The van der Waals surface area contributed by atoms with Crippen molar-refractivity contribution in [3.8, 4) is 11.5 Å². The molecular weight excluding hydrogens is 450 g/mol. The number of rotatable bonds is 10. The number of amides is 1. The van der Waals surface area contributed by atoms with Crippen molar-refractivity contribution in [1.29, 1.82) is 0 Å². The highest BCUT2D eigenvalue weighted by Gasteiger charge is 2.26. The number of methoxy groups -OCH3 is 1. The minimum Gasteiger partial charge on any atom is -0.404 e. The van der Waals surface area contributed by atoms with Crippen molar-refractivity contribution in [2.24, 2.45) is 22.2 Å². The molecule has 2 aromatic rings. The normalized spacial score (nSPS) is 17.1. The number of ether oxygens (including phenoxy) is 1. The van der Waals surface area contributed by atoms with Gasteiger partial charge in [0.05, 0.1) is 17.9 Å². The molecule has 0 aliphatic carbocycles. The summed E-state index contributed by atoms with van der Waals surface area (Å²) in [7, 11) is 1.65. The van der Waals surface area contributed by atoms with Crippen LogP contribution in [0.4, 0.5) is 0 Å². The van der Waals surface area contributed by atoms with E-state index in [1.165, 1.54) is 23.3 Å². The number of allylic oxidation sites excluding steroid dienone is 5. The lowest BCUT2D eigenvalue weighted by atomic mass is 10.1. The molecule has 0 bridgehead atoms. The van der Waals surface area contributed by atoms with Gasteiger partial charge in [-0.1, -0.05) is 24.4 Å². The molecule has 0 radical (unpaired) electrons. The van der Waals surface area contributed by atoms with Crippen molar-refractivity contribution >= 4 is 17.7 Å². The van der Waals surface area contributed by atoms with Crippen LogP contribution < -0.4 is 17.2 Å². The van der Waals surface area contributed by atoms with E-state index in [1.807, 2.05) is 0 Å². The van der Waals surface area contributed by atoms with Crippen LogP contribution in [0.25, 0.3) is 17.0 Å². The Balaban J connectivity index is 1.65. The number of carbonyl (C=O) groups is 1. The molecule has 1 aliphatic rings. The molecule has 0 spiro atoms. The molecule has 2 aromatic heterocycles. The van der Waals surface area contributed by atoms with Crippen LogP contribution in [0, 0.1) is 0 Å². The second kappa shape index (κ2) is 11.6. The number of likely N-dealkylation sites (tertiary alicyclic amines) is 1. The Morgan fingerprint density at radius 2 is 2.14 bits per heavy atom. The van der Waals surface area contributed by atoms with Crippen LogP contribution in [0.2, 0.25) is 0 Å². The fraction of sp³-hybridized carbons (Fsp3) is 0.261. The van der Waals surface area contributed by atoms with Crippen molar-refractivity contribution in [1.82, 2.24) is 24.8 Å². The molecule has 6 N–H and O–H groups in total. The van der Waals surface area contributed by atoms with Gasteiger partial charge in [0.25, 0.3) is 5.89 Å². The van der Waals surface area contributed by atoms with E-state index in [0.29, 0.717) is 35.4 Å². The Labute approximate surface area is 202 Å². The van der Waals surface area contributed by atoms with Crippen LogP contribution in [0.15, 0.2) is 76.6 Å². The molecule has 1 aliphatic heterocycles. The zero-order valence-corrected chi connectivity index (χ0v) is 19.5. The molecule has 1 atom stereocenters. The van der Waals surface area contributed by atoms with E-state index in [2.05, 4.69) is 33.4 Å². The van der Waals surface area contributed by atoms with E-state index < -0.39 is 0 Å². The highest BCUT2D eigenvalue weighted by atomic mass is 16.5. The number of hydrogen-bond acceptors (Lipinski definition) is 10. The number of nitrogens with two attached hydrogens (primary N) is 3. The van der Waals surface area contributed by atoms with Gasteiger partial charge in [0, 0.05) is 56.2 Å². The lowest BCUT2D eigenvalue weighted by Crippen LogP contribution is -2.32. The van der Waals surface area contributed by atoms with Gasteiger partial charge in [0.1, 0.15) is 12.4 Å². The van der Waals surface area contributed by atoms with Crippen molar-refractivity contribution in [3.05, 3.63) is 72.9 Å². The van der Waals surface area contributed by atoms with Crippen LogP contribution in [0.3, 0.4) is 0 Å². The van der Waals surface area contributed by atoms with Crippen LogP contribution in [0.1, 0.15) is 12.2 Å². The van der Waals surface area contributed by atoms with Gasteiger partial charge in [-0.05, 0) is 18.1 Å². The van der Waals surface area contributed by atoms with E-state index >= 15 is 0 Å². The van der Waals surface area contributed by atoms with Crippen LogP contribution >= 0.6 is 0 Å². The summed E-state index contributed by atoms with van der Waals surface area (Å²) >= 11 is 0. The largest absolute Gasteiger partial charge is 0.404 e. The Hall–Kier alpha value is -4.45. The summed E-state index contributed by atoms with van der Waals surface area (Å²) in [5.41, 5.74) is 19.0. The summed E-state index contributed by atoms with van der Waals surface area (Å²) in [6.07, 6.45) is 11.6. The Morgan fingerprint density at radius 1 is 1.34 bits per heavy atom. The Bertz CT molecular complexity index is 1200.